The van der Waals surface area contributed by atoms with Crippen LogP contribution in [0.4, 0.5) is 0 Å². The van der Waals surface area contributed by atoms with Crippen LogP contribution in [0.2, 0.25) is 0 Å². The van der Waals surface area contributed by atoms with Gasteiger partial charge in [-0.3, -0.25) is 13.8 Å². The van der Waals surface area contributed by atoms with E-state index in [-0.39, 0.29) is 19.6 Å². The van der Waals surface area contributed by atoms with Gasteiger partial charge in [0, 0.05) is 6.54 Å². The molecule has 4 atom stereocenters. The lowest BCUT2D eigenvalue weighted by molar-refractivity contribution is -0.124. The van der Waals surface area contributed by atoms with Crippen LogP contribution in [-0.4, -0.2) is 59.0 Å². The molecular weight excluding hydrogens is 483 g/mol. The number of nitrogens with one attached hydrogen (secondary N) is 1. The minimum absolute atomic E-state index is 0.0389. The van der Waals surface area contributed by atoms with Crippen LogP contribution < -0.4 is 11.1 Å². The Kier molecular flexibility index (Phi) is 22.0. The van der Waals surface area contributed by atoms with Crippen LogP contribution in [0.25, 0.3) is 0 Å². The number of unbranched alkanes of at least 4 members (excludes halogenated alkanes) is 6. The van der Waals surface area contributed by atoms with Gasteiger partial charge < -0.3 is 26.2 Å². The Morgan fingerprint density at radius 1 is 0.944 bits per heavy atom. The number of phosphoric ester groups is 1. The molecule has 0 aromatic carbocycles. The predicted molar refractivity (Wildman–Crippen MR) is 144 cm³/mol. The van der Waals surface area contributed by atoms with Crippen LogP contribution in [0.5, 0.6) is 0 Å². The molecule has 210 valence electrons. The topological polar surface area (TPSA) is 151 Å². The zero-order chi connectivity index (χ0) is 27.1. The Balaban J connectivity index is 4.82. The minimum atomic E-state index is -4.38. The zero-order valence-corrected chi connectivity index (χ0v) is 23.0. The van der Waals surface area contributed by atoms with Gasteiger partial charge in [-0.15, -0.1) is 0 Å². The number of rotatable bonds is 23. The molecule has 0 bridgehead atoms. The van der Waals surface area contributed by atoms with E-state index in [0.717, 1.165) is 32.1 Å². The highest BCUT2D eigenvalue weighted by atomic mass is 31.2. The summed E-state index contributed by atoms with van der Waals surface area (Å²) in [6, 6.07) is -1.01. The highest BCUT2D eigenvalue weighted by Gasteiger charge is 2.27. The maximum atomic E-state index is 12.5. The molecule has 0 saturated carbocycles. The number of aliphatic hydroxyl groups is 2. The lowest BCUT2D eigenvalue weighted by Gasteiger charge is -2.23. The van der Waals surface area contributed by atoms with E-state index in [4.69, 9.17) is 14.8 Å². The van der Waals surface area contributed by atoms with Crippen molar-refractivity contribution < 1.29 is 33.5 Å². The molecule has 0 radical (unpaired) electrons. The molecule has 0 aromatic rings. The van der Waals surface area contributed by atoms with Crippen molar-refractivity contribution in [3.8, 4) is 0 Å². The van der Waals surface area contributed by atoms with Gasteiger partial charge in [0.1, 0.15) is 0 Å². The average Bonchev–Trinajstić information content (AvgIpc) is 2.84. The molecule has 0 aliphatic carbocycles. The molecule has 0 saturated heterocycles. The number of amides is 1. The molecule has 0 fully saturated rings. The number of hydrogen-bond donors (Lipinski definition) is 5. The van der Waals surface area contributed by atoms with Crippen LogP contribution in [-0.2, 0) is 18.4 Å². The second-order valence-corrected chi connectivity index (χ2v) is 10.2. The number of hydrogen-bond acceptors (Lipinski definition) is 7. The Morgan fingerprint density at radius 3 is 2.33 bits per heavy atom. The monoisotopic (exact) mass is 532 g/mol. The van der Waals surface area contributed by atoms with Crippen molar-refractivity contribution in [3.63, 3.8) is 0 Å². The summed E-state index contributed by atoms with van der Waals surface area (Å²) < 4.78 is 21.6. The molecule has 1 amide bonds. The highest BCUT2D eigenvalue weighted by Crippen LogP contribution is 2.43. The standard InChI is InChI=1S/C26H49N2O7P/c1-3-5-7-9-11-13-15-17-23(29)21-26(31)28-24(22-35-36(32,33)34-20-19-27)25(30)18-16-14-12-10-8-6-4-2/h8,10,13,15-16,18,23-25,29-30H,3-7,9,11-12,14,17,19-22,27H2,1-2H3,(H,28,31)(H,32,33)/b10-8+,15-13-,18-16+. The summed E-state index contributed by atoms with van der Waals surface area (Å²) in [4.78, 5) is 22.2. The average molecular weight is 533 g/mol. The maximum Gasteiger partial charge on any atom is 0.472 e. The summed E-state index contributed by atoms with van der Waals surface area (Å²) in [6.07, 6.45) is 18.7. The number of carbonyl (C=O) groups is 1. The van der Waals surface area contributed by atoms with Crippen LogP contribution in [0.3, 0.4) is 0 Å². The Hall–Kier alpha value is -1.32. The van der Waals surface area contributed by atoms with Gasteiger partial charge >= 0.3 is 7.82 Å². The first-order valence-electron chi connectivity index (χ1n) is 13.2. The minimum Gasteiger partial charge on any atom is -0.392 e. The maximum absolute atomic E-state index is 12.5. The first-order chi connectivity index (χ1) is 17.3. The van der Waals surface area contributed by atoms with Crippen molar-refractivity contribution in [3.05, 3.63) is 36.5 Å². The molecule has 36 heavy (non-hydrogen) atoms. The van der Waals surface area contributed by atoms with Crippen LogP contribution in [0.15, 0.2) is 36.5 Å². The number of nitrogens with two attached hydrogens (primary N) is 1. The van der Waals surface area contributed by atoms with E-state index < -0.39 is 38.6 Å². The predicted octanol–water partition coefficient (Wildman–Crippen LogP) is 4.28. The fourth-order valence-electron chi connectivity index (χ4n) is 3.19. The van der Waals surface area contributed by atoms with Crippen LogP contribution >= 0.6 is 7.82 Å². The van der Waals surface area contributed by atoms with E-state index in [0.29, 0.717) is 12.8 Å². The van der Waals surface area contributed by atoms with Gasteiger partial charge in [-0.25, -0.2) is 4.57 Å². The second kappa shape index (κ2) is 22.8. The van der Waals surface area contributed by atoms with Crippen molar-refractivity contribution in [1.29, 1.82) is 0 Å². The van der Waals surface area contributed by atoms with Gasteiger partial charge in [0.15, 0.2) is 0 Å². The SMILES string of the molecule is CCC/C=C/CC/C=C/C(O)C(COP(=O)(O)OCCN)NC(=O)CC(O)C/C=C\CCCCCC. The smallest absolute Gasteiger partial charge is 0.392 e. The fraction of sp³-hybridized carbons (Fsp3) is 0.731. The zero-order valence-electron chi connectivity index (χ0n) is 22.1. The van der Waals surface area contributed by atoms with E-state index >= 15 is 0 Å². The number of phosphoric acid groups is 1. The van der Waals surface area contributed by atoms with E-state index in [1.165, 1.54) is 25.3 Å². The summed E-state index contributed by atoms with van der Waals surface area (Å²) >= 11 is 0. The normalized spacial score (nSPS) is 16.5. The van der Waals surface area contributed by atoms with Crippen molar-refractivity contribution in [1.82, 2.24) is 5.32 Å². The fourth-order valence-corrected chi connectivity index (χ4v) is 3.95. The number of aliphatic hydroxyl groups excluding tert-OH is 2. The van der Waals surface area contributed by atoms with Gasteiger partial charge in [-0.2, -0.15) is 0 Å². The summed E-state index contributed by atoms with van der Waals surface area (Å²) in [7, 11) is -4.38. The Morgan fingerprint density at radius 2 is 1.64 bits per heavy atom. The van der Waals surface area contributed by atoms with Crippen molar-refractivity contribution in [2.75, 3.05) is 19.8 Å². The highest BCUT2D eigenvalue weighted by molar-refractivity contribution is 7.47. The van der Waals surface area contributed by atoms with E-state index in [1.54, 1.807) is 6.08 Å². The lowest BCUT2D eigenvalue weighted by atomic mass is 10.1. The van der Waals surface area contributed by atoms with Crippen molar-refractivity contribution in [2.45, 2.75) is 103 Å². The summed E-state index contributed by atoms with van der Waals surface area (Å²) in [5, 5.41) is 23.3. The summed E-state index contributed by atoms with van der Waals surface area (Å²) in [6.45, 7) is 3.68. The van der Waals surface area contributed by atoms with E-state index in [2.05, 4.69) is 31.3 Å². The summed E-state index contributed by atoms with van der Waals surface area (Å²) in [5.41, 5.74) is 5.28. The summed E-state index contributed by atoms with van der Waals surface area (Å²) in [5.74, 6) is -0.502. The Bertz CT molecular complexity index is 685. The number of allylic oxidation sites excluding steroid dienone is 4. The van der Waals surface area contributed by atoms with Crippen molar-refractivity contribution in [2.24, 2.45) is 5.73 Å². The Labute approximate surface area is 217 Å². The molecule has 0 aromatic heterocycles. The van der Waals surface area contributed by atoms with Crippen LogP contribution in [0, 0.1) is 0 Å². The first kappa shape index (κ1) is 34.7. The first-order valence-corrected chi connectivity index (χ1v) is 14.7. The van der Waals surface area contributed by atoms with Gasteiger partial charge in [-0.1, -0.05) is 76.0 Å². The van der Waals surface area contributed by atoms with Gasteiger partial charge in [0.05, 0.1) is 37.9 Å². The van der Waals surface area contributed by atoms with Gasteiger partial charge in [0.2, 0.25) is 5.91 Å². The van der Waals surface area contributed by atoms with Gasteiger partial charge in [-0.05, 0) is 38.5 Å². The molecule has 9 nitrogen and oxygen atoms in total. The quantitative estimate of drug-likeness (QED) is 0.0743. The molecule has 4 unspecified atom stereocenters. The lowest BCUT2D eigenvalue weighted by Crippen LogP contribution is -2.46. The largest absolute Gasteiger partial charge is 0.472 e. The molecule has 0 spiro atoms. The molecular formula is C26H49N2O7P. The molecule has 10 heteroatoms. The molecule has 0 rings (SSSR count). The molecule has 0 aliphatic heterocycles. The second-order valence-electron chi connectivity index (χ2n) is 8.73. The van der Waals surface area contributed by atoms with E-state index in [1.807, 2.05) is 12.2 Å². The van der Waals surface area contributed by atoms with Crippen LogP contribution in [0.1, 0.15) is 84.5 Å². The molecule has 0 aliphatic rings. The molecule has 6 N–H and O–H groups in total. The number of carbonyl (C=O) groups excluding carboxylic acids is 1. The van der Waals surface area contributed by atoms with Crippen molar-refractivity contribution >= 4 is 13.7 Å². The third-order valence-electron chi connectivity index (χ3n) is 5.22. The third-order valence-corrected chi connectivity index (χ3v) is 6.21. The third kappa shape index (κ3) is 20.8. The van der Waals surface area contributed by atoms with Gasteiger partial charge in [0.25, 0.3) is 0 Å². The molecule has 0 heterocycles. The van der Waals surface area contributed by atoms with E-state index in [9.17, 15) is 24.5 Å².